The minimum atomic E-state index is -1.03. The van der Waals surface area contributed by atoms with Gasteiger partial charge in [0.1, 0.15) is 5.69 Å². The number of carbonyl (C=O) groups is 2. The molecule has 0 unspecified atom stereocenters. The Morgan fingerprint density at radius 2 is 2.00 bits per heavy atom. The van der Waals surface area contributed by atoms with Gasteiger partial charge < -0.3 is 14.8 Å². The molecule has 1 aromatic heterocycles. The largest absolute Gasteiger partial charge is 0.478 e. The van der Waals surface area contributed by atoms with Gasteiger partial charge in [0.25, 0.3) is 0 Å². The van der Waals surface area contributed by atoms with Crippen molar-refractivity contribution in [1.29, 1.82) is 0 Å². The standard InChI is InChI=1S/C11H11NO4/c1-4-8(10(13)14)7-3-5-2-6(5)12(7)9(4)11(15)16/h5-6H,2-3H2,1H3,(H,13,14)(H,15,16)/t5-,6-/m1/s1. The first-order valence-electron chi connectivity index (χ1n) is 5.22. The van der Waals surface area contributed by atoms with Crippen LogP contribution >= 0.6 is 0 Å². The van der Waals surface area contributed by atoms with Gasteiger partial charge in [0, 0.05) is 11.7 Å². The first-order chi connectivity index (χ1) is 7.52. The molecule has 84 valence electrons. The summed E-state index contributed by atoms with van der Waals surface area (Å²) in [6, 6.07) is 0.230. The van der Waals surface area contributed by atoms with Gasteiger partial charge in [0.2, 0.25) is 0 Å². The third kappa shape index (κ3) is 0.951. The first kappa shape index (κ1) is 9.45. The summed E-state index contributed by atoms with van der Waals surface area (Å²) in [5.41, 5.74) is 1.45. The van der Waals surface area contributed by atoms with E-state index in [1.165, 1.54) is 0 Å². The fraction of sp³-hybridized carbons (Fsp3) is 0.455. The summed E-state index contributed by atoms with van der Waals surface area (Å²) in [6.07, 6.45) is 1.70. The normalized spacial score (nSPS) is 25.1. The van der Waals surface area contributed by atoms with Crippen LogP contribution in [0.3, 0.4) is 0 Å². The van der Waals surface area contributed by atoms with Crippen molar-refractivity contribution in [2.45, 2.75) is 25.8 Å². The fourth-order valence-electron chi connectivity index (χ4n) is 2.90. The Bertz CT molecular complexity index is 529. The van der Waals surface area contributed by atoms with Crippen molar-refractivity contribution in [1.82, 2.24) is 4.57 Å². The highest BCUT2D eigenvalue weighted by Gasteiger charge is 2.49. The molecule has 2 atom stereocenters. The Kier molecular flexibility index (Phi) is 1.57. The number of carboxylic acid groups (broad SMARTS) is 2. The number of aromatic nitrogens is 1. The van der Waals surface area contributed by atoms with Crippen LogP contribution in [0.4, 0.5) is 0 Å². The second kappa shape index (κ2) is 2.66. The zero-order chi connectivity index (χ0) is 11.6. The average Bonchev–Trinajstić information content (AvgIpc) is 2.72. The number of carboxylic acids is 2. The molecular weight excluding hydrogens is 210 g/mol. The van der Waals surface area contributed by atoms with Gasteiger partial charge in [0.15, 0.2) is 0 Å². The van der Waals surface area contributed by atoms with E-state index in [0.29, 0.717) is 23.6 Å². The summed E-state index contributed by atoms with van der Waals surface area (Å²) in [4.78, 5) is 22.3. The van der Waals surface area contributed by atoms with Crippen molar-refractivity contribution >= 4 is 11.9 Å². The zero-order valence-corrected chi connectivity index (χ0v) is 8.73. The molecule has 1 aliphatic carbocycles. The molecule has 0 aromatic carbocycles. The van der Waals surface area contributed by atoms with Gasteiger partial charge in [-0.15, -0.1) is 0 Å². The molecule has 0 saturated heterocycles. The van der Waals surface area contributed by atoms with Crippen molar-refractivity contribution in [3.8, 4) is 0 Å². The molecular formula is C11H11NO4. The lowest BCUT2D eigenvalue weighted by Gasteiger charge is -2.04. The smallest absolute Gasteiger partial charge is 0.352 e. The summed E-state index contributed by atoms with van der Waals surface area (Å²) in [6.45, 7) is 1.58. The highest BCUT2D eigenvalue weighted by atomic mass is 16.4. The topological polar surface area (TPSA) is 79.5 Å². The van der Waals surface area contributed by atoms with E-state index in [1.807, 2.05) is 0 Å². The Morgan fingerprint density at radius 3 is 2.56 bits per heavy atom. The van der Waals surface area contributed by atoms with Crippen LogP contribution in [-0.2, 0) is 6.42 Å². The molecule has 0 bridgehead atoms. The molecule has 5 heteroatoms. The molecule has 0 spiro atoms. The molecule has 16 heavy (non-hydrogen) atoms. The molecule has 3 rings (SSSR count). The summed E-state index contributed by atoms with van der Waals surface area (Å²) in [5.74, 6) is -1.58. The van der Waals surface area contributed by atoms with Gasteiger partial charge in [-0.1, -0.05) is 0 Å². The molecule has 0 amide bonds. The average molecular weight is 221 g/mol. The summed E-state index contributed by atoms with van der Waals surface area (Å²) >= 11 is 0. The SMILES string of the molecule is Cc1c(C(=O)O)c2n(c1C(=O)O)[C@@H]1C[C@@H]1C2. The lowest BCUT2D eigenvalue weighted by molar-refractivity contribution is 0.0681. The van der Waals surface area contributed by atoms with E-state index < -0.39 is 11.9 Å². The summed E-state index contributed by atoms with van der Waals surface area (Å²) in [7, 11) is 0. The molecule has 1 saturated carbocycles. The molecule has 2 aliphatic rings. The van der Waals surface area contributed by atoms with Crippen molar-refractivity contribution in [2.75, 3.05) is 0 Å². The van der Waals surface area contributed by atoms with Crippen LogP contribution in [0, 0.1) is 12.8 Å². The minimum absolute atomic E-state index is 0.164. The van der Waals surface area contributed by atoms with E-state index >= 15 is 0 Å². The summed E-state index contributed by atoms with van der Waals surface area (Å²) < 4.78 is 1.73. The van der Waals surface area contributed by atoms with Crippen LogP contribution < -0.4 is 0 Å². The van der Waals surface area contributed by atoms with Gasteiger partial charge in [-0.25, -0.2) is 9.59 Å². The number of hydrogen-bond acceptors (Lipinski definition) is 2. The molecule has 1 aliphatic heterocycles. The highest BCUT2D eigenvalue weighted by molar-refractivity contribution is 5.98. The zero-order valence-electron chi connectivity index (χ0n) is 8.73. The van der Waals surface area contributed by atoms with Crippen molar-refractivity contribution in [2.24, 2.45) is 5.92 Å². The van der Waals surface area contributed by atoms with Gasteiger partial charge in [-0.3, -0.25) is 0 Å². The summed E-state index contributed by atoms with van der Waals surface area (Å²) in [5, 5.41) is 18.3. The third-order valence-electron chi connectivity index (χ3n) is 3.64. The van der Waals surface area contributed by atoms with Crippen LogP contribution in [0.25, 0.3) is 0 Å². The Labute approximate surface area is 91.3 Å². The van der Waals surface area contributed by atoms with Crippen LogP contribution in [0.5, 0.6) is 0 Å². The van der Waals surface area contributed by atoms with Gasteiger partial charge in [-0.2, -0.15) is 0 Å². The van der Waals surface area contributed by atoms with Crippen molar-refractivity contribution in [3.05, 3.63) is 22.5 Å². The molecule has 1 fully saturated rings. The highest BCUT2D eigenvalue weighted by Crippen LogP contribution is 2.54. The molecule has 2 heterocycles. The van der Waals surface area contributed by atoms with E-state index in [4.69, 9.17) is 10.2 Å². The maximum Gasteiger partial charge on any atom is 0.352 e. The minimum Gasteiger partial charge on any atom is -0.478 e. The van der Waals surface area contributed by atoms with Crippen LogP contribution in [-0.4, -0.2) is 26.7 Å². The predicted molar refractivity (Wildman–Crippen MR) is 53.9 cm³/mol. The van der Waals surface area contributed by atoms with Gasteiger partial charge in [-0.05, 0) is 31.2 Å². The van der Waals surface area contributed by atoms with Crippen molar-refractivity contribution < 1.29 is 19.8 Å². The molecule has 2 N–H and O–H groups in total. The number of aromatic carboxylic acids is 2. The van der Waals surface area contributed by atoms with E-state index in [9.17, 15) is 9.59 Å². The van der Waals surface area contributed by atoms with Gasteiger partial charge in [0.05, 0.1) is 5.56 Å². The lowest BCUT2D eigenvalue weighted by atomic mass is 10.1. The third-order valence-corrected chi connectivity index (χ3v) is 3.64. The Hall–Kier alpha value is -1.78. The number of nitrogens with zero attached hydrogens (tertiary/aromatic N) is 1. The van der Waals surface area contributed by atoms with Crippen LogP contribution in [0.1, 0.15) is 44.6 Å². The molecule has 0 radical (unpaired) electrons. The van der Waals surface area contributed by atoms with Gasteiger partial charge >= 0.3 is 11.9 Å². The van der Waals surface area contributed by atoms with Crippen LogP contribution in [0.15, 0.2) is 0 Å². The lowest BCUT2D eigenvalue weighted by Crippen LogP contribution is -2.08. The van der Waals surface area contributed by atoms with Crippen LogP contribution in [0.2, 0.25) is 0 Å². The molecule has 5 nitrogen and oxygen atoms in total. The quantitative estimate of drug-likeness (QED) is 0.789. The van der Waals surface area contributed by atoms with E-state index in [2.05, 4.69) is 0 Å². The number of fused-ring (bicyclic) bond motifs is 3. The number of hydrogen-bond donors (Lipinski definition) is 2. The second-order valence-corrected chi connectivity index (χ2v) is 4.54. The maximum absolute atomic E-state index is 11.2. The Balaban J connectivity index is 2.30. The van der Waals surface area contributed by atoms with E-state index in [-0.39, 0.29) is 17.3 Å². The predicted octanol–water partition coefficient (Wildman–Crippen LogP) is 1.31. The fourth-order valence-corrected chi connectivity index (χ4v) is 2.90. The monoisotopic (exact) mass is 221 g/mol. The second-order valence-electron chi connectivity index (χ2n) is 4.54. The first-order valence-corrected chi connectivity index (χ1v) is 5.22. The number of rotatable bonds is 2. The molecule has 1 aromatic rings. The van der Waals surface area contributed by atoms with E-state index in [0.717, 1.165) is 6.42 Å². The maximum atomic E-state index is 11.2. The van der Waals surface area contributed by atoms with Crippen molar-refractivity contribution in [3.63, 3.8) is 0 Å². The van der Waals surface area contributed by atoms with E-state index in [1.54, 1.807) is 11.5 Å². The Morgan fingerprint density at radius 1 is 1.31 bits per heavy atom.